The Bertz CT molecular complexity index is 1160. The molecule has 2 aliphatic rings. The number of carboxylic acids is 1. The highest BCUT2D eigenvalue weighted by Crippen LogP contribution is 2.51. The highest BCUT2D eigenvalue weighted by molar-refractivity contribution is 6.30. The Kier molecular flexibility index (Phi) is 7.94. The van der Waals surface area contributed by atoms with Crippen LogP contribution in [-0.4, -0.2) is 30.2 Å². The van der Waals surface area contributed by atoms with Crippen molar-refractivity contribution in [3.63, 3.8) is 0 Å². The summed E-state index contributed by atoms with van der Waals surface area (Å²) in [5.74, 6) is -1.75. The third-order valence-corrected chi connectivity index (χ3v) is 8.29. The molecule has 0 unspecified atom stereocenters. The molecule has 1 heterocycles. The number of halogens is 2. The fourth-order valence-electron chi connectivity index (χ4n) is 5.29. The van der Waals surface area contributed by atoms with E-state index in [-0.39, 0.29) is 35.6 Å². The molecule has 0 bridgehead atoms. The maximum absolute atomic E-state index is 13.7. The van der Waals surface area contributed by atoms with Crippen molar-refractivity contribution < 1.29 is 19.4 Å². The van der Waals surface area contributed by atoms with E-state index in [9.17, 15) is 20.0 Å². The lowest BCUT2D eigenvalue weighted by molar-refractivity contribution is -0.152. The molecule has 0 radical (unpaired) electrons. The first kappa shape index (κ1) is 26.5. The summed E-state index contributed by atoms with van der Waals surface area (Å²) in [6.07, 6.45) is 2.26. The molecule has 0 spiro atoms. The van der Waals surface area contributed by atoms with E-state index in [0.29, 0.717) is 36.1 Å². The monoisotopic (exact) mass is 528 g/mol. The van der Waals surface area contributed by atoms with Gasteiger partial charge in [0.15, 0.2) is 0 Å². The minimum absolute atomic E-state index is 0.196. The summed E-state index contributed by atoms with van der Waals surface area (Å²) in [6, 6.07) is 16.8. The van der Waals surface area contributed by atoms with Gasteiger partial charge < -0.3 is 15.2 Å². The van der Waals surface area contributed by atoms with Gasteiger partial charge in [-0.25, -0.2) is 0 Å². The second-order valence-corrected chi connectivity index (χ2v) is 11.1. The summed E-state index contributed by atoms with van der Waals surface area (Å²) in [5, 5.41) is 23.5. The Morgan fingerprint density at radius 3 is 2.53 bits per heavy atom. The average molecular weight is 529 g/mol. The van der Waals surface area contributed by atoms with Crippen LogP contribution in [-0.2, 0) is 14.3 Å². The number of hydrogen-bond donors (Lipinski definition) is 2. The van der Waals surface area contributed by atoms with Crippen molar-refractivity contribution in [3.8, 4) is 6.07 Å². The Balaban J connectivity index is 1.62. The van der Waals surface area contributed by atoms with Gasteiger partial charge in [0, 0.05) is 22.6 Å². The molecule has 1 aliphatic carbocycles. The van der Waals surface area contributed by atoms with Crippen molar-refractivity contribution in [3.05, 3.63) is 69.7 Å². The normalized spacial score (nSPS) is 25.4. The average Bonchev–Trinajstić information content (AvgIpc) is 3.63. The number of nitriles is 1. The molecule has 1 aliphatic heterocycles. The van der Waals surface area contributed by atoms with E-state index in [4.69, 9.17) is 27.9 Å². The molecule has 0 aromatic heterocycles. The van der Waals surface area contributed by atoms with Crippen LogP contribution in [0.15, 0.2) is 48.5 Å². The number of carbonyl (C=O) groups is 2. The van der Waals surface area contributed by atoms with Crippen LogP contribution in [0.25, 0.3) is 0 Å². The van der Waals surface area contributed by atoms with Crippen LogP contribution in [0.2, 0.25) is 10.0 Å². The molecule has 190 valence electrons. The number of rotatable bonds is 10. The summed E-state index contributed by atoms with van der Waals surface area (Å²) in [7, 11) is 0. The van der Waals surface area contributed by atoms with Crippen LogP contribution in [0, 0.1) is 28.1 Å². The van der Waals surface area contributed by atoms with Crippen molar-refractivity contribution >= 4 is 35.1 Å². The predicted octanol–water partition coefficient (Wildman–Crippen LogP) is 6.15. The van der Waals surface area contributed by atoms with Crippen LogP contribution in [0.5, 0.6) is 0 Å². The van der Waals surface area contributed by atoms with E-state index < -0.39 is 11.4 Å². The molecule has 8 heteroatoms. The third-order valence-electron chi connectivity index (χ3n) is 7.81. The van der Waals surface area contributed by atoms with Gasteiger partial charge in [0.1, 0.15) is 0 Å². The number of piperidine rings is 1. The van der Waals surface area contributed by atoms with E-state index in [2.05, 4.69) is 11.4 Å². The van der Waals surface area contributed by atoms with Gasteiger partial charge in [-0.2, -0.15) is 5.26 Å². The fraction of sp³-hybridized carbons (Fsp3) is 0.464. The Morgan fingerprint density at radius 2 is 1.92 bits per heavy atom. The zero-order valence-electron chi connectivity index (χ0n) is 20.2. The quantitative estimate of drug-likeness (QED) is 0.360. The largest absolute Gasteiger partial charge is 0.481 e. The standard InChI is InChI=1S/C28H30Cl2N2O4/c1-18(9-12-36-17-27(16-31)10-11-27)28(15-24(33)34)14-23(20-3-2-4-22(30)13-20)25(32-26(28)35)19-5-7-21(29)8-6-19/h2-8,13,18,23,25H,9-12,14-15,17H2,1H3,(H,32,35)(H,33,34)/t18-,23+,25+,28+/m0/s1. The summed E-state index contributed by atoms with van der Waals surface area (Å²) in [6.45, 7) is 2.65. The molecule has 1 saturated carbocycles. The number of nitrogens with one attached hydrogen (secondary N) is 1. The summed E-state index contributed by atoms with van der Waals surface area (Å²) < 4.78 is 5.80. The first-order chi connectivity index (χ1) is 17.2. The van der Waals surface area contributed by atoms with Gasteiger partial charge >= 0.3 is 5.97 Å². The van der Waals surface area contributed by atoms with Gasteiger partial charge in [0.25, 0.3) is 0 Å². The number of carboxylic acid groups (broad SMARTS) is 1. The van der Waals surface area contributed by atoms with Gasteiger partial charge in [-0.05, 0) is 67.0 Å². The van der Waals surface area contributed by atoms with Crippen molar-refractivity contribution in [2.45, 2.75) is 51.0 Å². The molecule has 2 fully saturated rings. The maximum Gasteiger partial charge on any atom is 0.304 e. The molecule has 1 amide bonds. The van der Waals surface area contributed by atoms with Gasteiger partial charge in [-0.1, -0.05) is 54.4 Å². The molecule has 4 rings (SSSR count). The van der Waals surface area contributed by atoms with Crippen LogP contribution in [0.4, 0.5) is 0 Å². The van der Waals surface area contributed by atoms with E-state index in [0.717, 1.165) is 24.0 Å². The lowest BCUT2D eigenvalue weighted by Gasteiger charge is -2.47. The lowest BCUT2D eigenvalue weighted by Crippen LogP contribution is -2.54. The van der Waals surface area contributed by atoms with Crippen molar-refractivity contribution in [1.82, 2.24) is 5.32 Å². The SMILES string of the molecule is C[C@@H](CCOCC1(C#N)CC1)[C@]1(CC(=O)O)C[C@H](c2cccc(Cl)c2)[C@@H](c2ccc(Cl)cc2)NC1=O. The summed E-state index contributed by atoms with van der Waals surface area (Å²) in [4.78, 5) is 25.8. The Labute approximate surface area is 221 Å². The first-order valence-electron chi connectivity index (χ1n) is 12.2. The van der Waals surface area contributed by atoms with Gasteiger partial charge in [0.05, 0.1) is 36.0 Å². The highest BCUT2D eigenvalue weighted by Gasteiger charge is 2.52. The van der Waals surface area contributed by atoms with E-state index in [1.54, 1.807) is 18.2 Å². The first-order valence-corrected chi connectivity index (χ1v) is 13.0. The predicted molar refractivity (Wildman–Crippen MR) is 138 cm³/mol. The van der Waals surface area contributed by atoms with Gasteiger partial charge in [0.2, 0.25) is 5.91 Å². The van der Waals surface area contributed by atoms with Crippen LogP contribution in [0.3, 0.4) is 0 Å². The molecule has 4 atom stereocenters. The second-order valence-electron chi connectivity index (χ2n) is 10.2. The third kappa shape index (κ3) is 5.70. The second kappa shape index (κ2) is 10.8. The lowest BCUT2D eigenvalue weighted by atomic mass is 9.61. The number of carbonyl (C=O) groups excluding carboxylic acids is 1. The number of aliphatic carboxylic acids is 1. The Hall–Kier alpha value is -2.59. The molecular formula is C28H30Cl2N2O4. The van der Waals surface area contributed by atoms with Crippen LogP contribution < -0.4 is 5.32 Å². The number of amides is 1. The van der Waals surface area contributed by atoms with Crippen molar-refractivity contribution in [1.29, 1.82) is 5.26 Å². The molecule has 36 heavy (non-hydrogen) atoms. The van der Waals surface area contributed by atoms with Crippen molar-refractivity contribution in [2.75, 3.05) is 13.2 Å². The van der Waals surface area contributed by atoms with Crippen molar-refractivity contribution in [2.24, 2.45) is 16.7 Å². The Morgan fingerprint density at radius 1 is 1.19 bits per heavy atom. The molecular weight excluding hydrogens is 499 g/mol. The zero-order chi connectivity index (χ0) is 25.9. The zero-order valence-corrected chi connectivity index (χ0v) is 21.7. The number of nitrogens with zero attached hydrogens (tertiary/aromatic N) is 1. The van der Waals surface area contributed by atoms with E-state index in [1.807, 2.05) is 37.3 Å². The molecule has 6 nitrogen and oxygen atoms in total. The van der Waals surface area contributed by atoms with Gasteiger partial charge in [-0.15, -0.1) is 0 Å². The summed E-state index contributed by atoms with van der Waals surface area (Å²) >= 11 is 12.4. The number of ether oxygens (including phenoxy) is 1. The van der Waals surface area contributed by atoms with Gasteiger partial charge in [-0.3, -0.25) is 9.59 Å². The van der Waals surface area contributed by atoms with Crippen LogP contribution in [0.1, 0.15) is 62.1 Å². The van der Waals surface area contributed by atoms with E-state index >= 15 is 0 Å². The molecule has 2 aromatic rings. The maximum atomic E-state index is 13.7. The molecule has 2 N–H and O–H groups in total. The molecule has 2 aromatic carbocycles. The topological polar surface area (TPSA) is 99.4 Å². The molecule has 1 saturated heterocycles. The fourth-order valence-corrected chi connectivity index (χ4v) is 5.61. The van der Waals surface area contributed by atoms with Crippen LogP contribution >= 0.6 is 23.2 Å². The minimum atomic E-state index is -1.13. The van der Waals surface area contributed by atoms with E-state index in [1.165, 1.54) is 0 Å². The highest BCUT2D eigenvalue weighted by atomic mass is 35.5. The summed E-state index contributed by atoms with van der Waals surface area (Å²) in [5.41, 5.74) is 0.333. The minimum Gasteiger partial charge on any atom is -0.481 e. The smallest absolute Gasteiger partial charge is 0.304 e. The number of hydrogen-bond acceptors (Lipinski definition) is 4. The number of benzene rings is 2.